The van der Waals surface area contributed by atoms with Crippen molar-refractivity contribution >= 4 is 46.6 Å². The summed E-state index contributed by atoms with van der Waals surface area (Å²) in [6.07, 6.45) is 1.97. The average molecular weight is 396 g/mol. The zero-order valence-electron chi connectivity index (χ0n) is 10.6. The van der Waals surface area contributed by atoms with E-state index in [0.717, 1.165) is 35.2 Å². The van der Waals surface area contributed by atoms with Crippen molar-refractivity contribution in [3.05, 3.63) is 27.8 Å². The van der Waals surface area contributed by atoms with Crippen molar-refractivity contribution in [2.45, 2.75) is 18.9 Å². The molecule has 6 heteroatoms. The smallest absolute Gasteiger partial charge is 0.238 e. The second-order valence-corrected chi connectivity index (χ2v) is 5.91. The topological polar surface area (TPSA) is 58.4 Å². The van der Waals surface area contributed by atoms with Gasteiger partial charge in [0, 0.05) is 28.4 Å². The molecule has 1 fully saturated rings. The van der Waals surface area contributed by atoms with Crippen LogP contribution in [-0.4, -0.2) is 36.5 Å². The van der Waals surface area contributed by atoms with E-state index in [4.69, 9.17) is 5.73 Å². The fourth-order valence-corrected chi connectivity index (χ4v) is 2.41. The number of nitrogens with zero attached hydrogens (tertiary/aromatic N) is 1. The van der Waals surface area contributed by atoms with Crippen molar-refractivity contribution < 1.29 is 4.79 Å². The van der Waals surface area contributed by atoms with Gasteiger partial charge >= 0.3 is 0 Å². The molecule has 0 radical (unpaired) electrons. The first kappa shape index (κ1) is 16.7. The van der Waals surface area contributed by atoms with Gasteiger partial charge in [0.2, 0.25) is 5.91 Å². The lowest BCUT2D eigenvalue weighted by atomic mass is 10.1. The normalized spacial score (nSPS) is 16.7. The Labute approximate surface area is 133 Å². The number of hydrogen-bond donors (Lipinski definition) is 2. The number of rotatable bonds is 3. The summed E-state index contributed by atoms with van der Waals surface area (Å²) in [4.78, 5) is 14.0. The predicted molar refractivity (Wildman–Crippen MR) is 88.7 cm³/mol. The number of halogens is 2. The molecule has 106 valence electrons. The molecule has 1 aliphatic heterocycles. The molecular weight excluding hydrogens is 377 g/mol. The summed E-state index contributed by atoms with van der Waals surface area (Å²) in [5.74, 6) is 0.0479. The average Bonchev–Trinajstić information content (AvgIpc) is 2.35. The number of anilines is 1. The third kappa shape index (κ3) is 5.64. The minimum absolute atomic E-state index is 0. The van der Waals surface area contributed by atoms with Gasteiger partial charge in [-0.25, -0.2) is 0 Å². The first-order valence-electron chi connectivity index (χ1n) is 6.17. The molecule has 0 unspecified atom stereocenters. The van der Waals surface area contributed by atoms with Crippen LogP contribution < -0.4 is 11.1 Å². The zero-order valence-corrected chi connectivity index (χ0v) is 13.6. The lowest BCUT2D eigenvalue weighted by Gasteiger charge is -2.29. The van der Waals surface area contributed by atoms with Gasteiger partial charge in [0.1, 0.15) is 0 Å². The Morgan fingerprint density at radius 2 is 1.89 bits per heavy atom. The molecule has 0 spiro atoms. The van der Waals surface area contributed by atoms with Gasteiger partial charge in [-0.1, -0.05) is 0 Å². The highest BCUT2D eigenvalue weighted by atomic mass is 127. The summed E-state index contributed by atoms with van der Waals surface area (Å²) >= 11 is 2.24. The van der Waals surface area contributed by atoms with Crippen molar-refractivity contribution in [1.82, 2.24) is 4.90 Å². The molecule has 1 aromatic rings. The van der Waals surface area contributed by atoms with Crippen LogP contribution in [0.4, 0.5) is 5.69 Å². The molecule has 0 saturated carbocycles. The van der Waals surface area contributed by atoms with Gasteiger partial charge in [-0.15, -0.1) is 12.4 Å². The van der Waals surface area contributed by atoms with Crippen LogP contribution >= 0.6 is 35.0 Å². The molecule has 2 rings (SSSR count). The van der Waals surface area contributed by atoms with Gasteiger partial charge in [0.05, 0.1) is 6.54 Å². The van der Waals surface area contributed by atoms with E-state index in [1.165, 1.54) is 0 Å². The molecule has 0 bridgehead atoms. The van der Waals surface area contributed by atoms with Crippen LogP contribution in [0.15, 0.2) is 24.3 Å². The fourth-order valence-electron chi connectivity index (χ4n) is 2.05. The lowest BCUT2D eigenvalue weighted by Crippen LogP contribution is -2.43. The Morgan fingerprint density at radius 3 is 2.47 bits per heavy atom. The first-order valence-corrected chi connectivity index (χ1v) is 7.25. The van der Waals surface area contributed by atoms with Crippen LogP contribution in [0.1, 0.15) is 12.8 Å². The molecule has 19 heavy (non-hydrogen) atoms. The maximum atomic E-state index is 11.9. The summed E-state index contributed by atoms with van der Waals surface area (Å²) in [6, 6.07) is 8.12. The van der Waals surface area contributed by atoms with Crippen LogP contribution in [-0.2, 0) is 4.79 Å². The fraction of sp³-hybridized carbons (Fsp3) is 0.462. The largest absolute Gasteiger partial charge is 0.328 e. The minimum Gasteiger partial charge on any atom is -0.328 e. The van der Waals surface area contributed by atoms with Gasteiger partial charge in [-0.2, -0.15) is 0 Å². The number of piperidine rings is 1. The number of carbonyl (C=O) groups is 1. The summed E-state index contributed by atoms with van der Waals surface area (Å²) in [5.41, 5.74) is 6.69. The first-order chi connectivity index (χ1) is 8.63. The third-order valence-corrected chi connectivity index (χ3v) is 3.85. The van der Waals surface area contributed by atoms with E-state index in [2.05, 4.69) is 32.8 Å². The second-order valence-electron chi connectivity index (χ2n) is 4.67. The second kappa shape index (κ2) is 8.04. The monoisotopic (exact) mass is 395 g/mol. The van der Waals surface area contributed by atoms with Crippen molar-refractivity contribution in [2.24, 2.45) is 5.73 Å². The molecule has 4 nitrogen and oxygen atoms in total. The number of hydrogen-bond acceptors (Lipinski definition) is 3. The Balaban J connectivity index is 0.00000180. The van der Waals surface area contributed by atoms with E-state index in [1.807, 2.05) is 24.3 Å². The van der Waals surface area contributed by atoms with E-state index < -0.39 is 0 Å². The van der Waals surface area contributed by atoms with Crippen LogP contribution in [0.25, 0.3) is 0 Å². The number of carbonyl (C=O) groups excluding carboxylic acids is 1. The Morgan fingerprint density at radius 1 is 1.32 bits per heavy atom. The van der Waals surface area contributed by atoms with E-state index in [1.54, 1.807) is 0 Å². The minimum atomic E-state index is 0. The molecule has 1 amide bonds. The molecule has 0 atom stereocenters. The quantitative estimate of drug-likeness (QED) is 0.771. The maximum absolute atomic E-state index is 11.9. The zero-order chi connectivity index (χ0) is 13.0. The standard InChI is InChI=1S/C13H18IN3O.ClH/c14-10-1-3-12(4-2-10)16-13(18)9-17-7-5-11(15)6-8-17;/h1-4,11H,5-9,15H2,(H,16,18);1H. The molecule has 1 heterocycles. The van der Waals surface area contributed by atoms with E-state index in [9.17, 15) is 4.79 Å². The number of likely N-dealkylation sites (tertiary alicyclic amines) is 1. The number of nitrogens with one attached hydrogen (secondary N) is 1. The predicted octanol–water partition coefficient (Wildman–Crippen LogP) is 2.07. The Hall–Kier alpha value is -0.370. The van der Waals surface area contributed by atoms with Gasteiger partial charge < -0.3 is 11.1 Å². The number of nitrogens with two attached hydrogens (primary N) is 1. The SMILES string of the molecule is Cl.NC1CCN(CC(=O)Nc2ccc(I)cc2)CC1. The van der Waals surface area contributed by atoms with E-state index in [0.29, 0.717) is 12.6 Å². The highest BCUT2D eigenvalue weighted by Crippen LogP contribution is 2.12. The van der Waals surface area contributed by atoms with E-state index >= 15 is 0 Å². The molecule has 0 aromatic heterocycles. The number of benzene rings is 1. The summed E-state index contributed by atoms with van der Waals surface area (Å²) in [5, 5.41) is 2.91. The summed E-state index contributed by atoms with van der Waals surface area (Å²) < 4.78 is 1.16. The summed E-state index contributed by atoms with van der Waals surface area (Å²) in [6.45, 7) is 2.29. The molecule has 3 N–H and O–H groups in total. The van der Waals surface area contributed by atoms with Crippen molar-refractivity contribution in [3.8, 4) is 0 Å². The van der Waals surface area contributed by atoms with E-state index in [-0.39, 0.29) is 18.3 Å². The Kier molecular flexibility index (Phi) is 7.06. The van der Waals surface area contributed by atoms with Crippen molar-refractivity contribution in [3.63, 3.8) is 0 Å². The van der Waals surface area contributed by atoms with Crippen LogP contribution in [0.2, 0.25) is 0 Å². The third-order valence-electron chi connectivity index (χ3n) is 3.13. The maximum Gasteiger partial charge on any atom is 0.238 e. The van der Waals surface area contributed by atoms with Crippen LogP contribution in [0.3, 0.4) is 0 Å². The van der Waals surface area contributed by atoms with Gasteiger partial charge in [-0.05, 0) is 59.7 Å². The van der Waals surface area contributed by atoms with Crippen LogP contribution in [0, 0.1) is 3.57 Å². The lowest BCUT2D eigenvalue weighted by molar-refractivity contribution is -0.117. The highest BCUT2D eigenvalue weighted by molar-refractivity contribution is 14.1. The highest BCUT2D eigenvalue weighted by Gasteiger charge is 2.18. The van der Waals surface area contributed by atoms with Gasteiger partial charge in [0.25, 0.3) is 0 Å². The van der Waals surface area contributed by atoms with Crippen molar-refractivity contribution in [2.75, 3.05) is 25.0 Å². The van der Waals surface area contributed by atoms with Gasteiger partial charge in [-0.3, -0.25) is 9.69 Å². The van der Waals surface area contributed by atoms with Gasteiger partial charge in [0.15, 0.2) is 0 Å². The Bertz CT molecular complexity index is 405. The molecule has 0 aliphatic carbocycles. The molecular formula is C13H19ClIN3O. The van der Waals surface area contributed by atoms with Crippen LogP contribution in [0.5, 0.6) is 0 Å². The summed E-state index contributed by atoms with van der Waals surface area (Å²) in [7, 11) is 0. The molecule has 1 aliphatic rings. The number of amides is 1. The molecule has 1 saturated heterocycles. The molecule has 1 aromatic carbocycles. The van der Waals surface area contributed by atoms with Crippen molar-refractivity contribution in [1.29, 1.82) is 0 Å².